The van der Waals surface area contributed by atoms with Crippen molar-refractivity contribution < 1.29 is 9.18 Å². The third kappa shape index (κ3) is 3.40. The van der Waals surface area contributed by atoms with Crippen LogP contribution in [0.15, 0.2) is 24.3 Å². The summed E-state index contributed by atoms with van der Waals surface area (Å²) in [5, 5.41) is 7.10. The monoisotopic (exact) mass is 310 g/mol. The average molecular weight is 311 g/mol. The Labute approximate surface area is 126 Å². The van der Waals surface area contributed by atoms with Gasteiger partial charge in [-0.15, -0.1) is 0 Å². The van der Waals surface area contributed by atoms with E-state index >= 15 is 0 Å². The van der Waals surface area contributed by atoms with Crippen LogP contribution in [0.1, 0.15) is 23.0 Å². The zero-order chi connectivity index (χ0) is 15.6. The maximum absolute atomic E-state index is 13.0. The highest BCUT2D eigenvalue weighted by Crippen LogP contribution is 2.23. The van der Waals surface area contributed by atoms with Crippen molar-refractivity contribution in [2.45, 2.75) is 19.9 Å². The summed E-state index contributed by atoms with van der Waals surface area (Å²) in [7, 11) is 0. The lowest BCUT2D eigenvalue weighted by Crippen LogP contribution is -2.35. The van der Waals surface area contributed by atoms with Gasteiger partial charge in [0.1, 0.15) is 11.0 Å². The zero-order valence-electron chi connectivity index (χ0n) is 11.7. The van der Waals surface area contributed by atoms with Crippen molar-refractivity contribution in [3.63, 3.8) is 0 Å². The van der Waals surface area contributed by atoms with Gasteiger partial charge in [-0.05, 0) is 38.1 Å². The molecule has 2 aromatic rings. The SMILES string of the molecule is Cc1nn(-c2ccc(F)cc2)c(Cl)c1C(=O)NC[C@H](C)N. The van der Waals surface area contributed by atoms with Crippen LogP contribution in [0.5, 0.6) is 0 Å². The Bertz CT molecular complexity index is 652. The maximum atomic E-state index is 13.0. The highest BCUT2D eigenvalue weighted by atomic mass is 35.5. The number of nitrogens with one attached hydrogen (secondary N) is 1. The highest BCUT2D eigenvalue weighted by Gasteiger charge is 2.21. The second kappa shape index (κ2) is 6.24. The van der Waals surface area contributed by atoms with Crippen molar-refractivity contribution in [2.75, 3.05) is 6.54 Å². The zero-order valence-corrected chi connectivity index (χ0v) is 12.5. The van der Waals surface area contributed by atoms with Crippen LogP contribution >= 0.6 is 11.6 Å². The normalized spacial score (nSPS) is 12.2. The maximum Gasteiger partial charge on any atom is 0.256 e. The van der Waals surface area contributed by atoms with Crippen molar-refractivity contribution in [1.29, 1.82) is 0 Å². The van der Waals surface area contributed by atoms with E-state index in [0.717, 1.165) is 0 Å². The summed E-state index contributed by atoms with van der Waals surface area (Å²) in [6.07, 6.45) is 0. The Morgan fingerprint density at radius 2 is 2.10 bits per heavy atom. The molecule has 1 heterocycles. The largest absolute Gasteiger partial charge is 0.350 e. The van der Waals surface area contributed by atoms with Crippen LogP contribution < -0.4 is 11.1 Å². The van der Waals surface area contributed by atoms with Crippen LogP contribution in [-0.2, 0) is 0 Å². The Kier molecular flexibility index (Phi) is 4.59. The first kappa shape index (κ1) is 15.5. The van der Waals surface area contributed by atoms with Gasteiger partial charge in [0.15, 0.2) is 0 Å². The van der Waals surface area contributed by atoms with Crippen LogP contribution in [0.2, 0.25) is 5.15 Å². The second-order valence-electron chi connectivity index (χ2n) is 4.83. The van der Waals surface area contributed by atoms with Gasteiger partial charge < -0.3 is 11.1 Å². The fourth-order valence-corrected chi connectivity index (χ4v) is 2.21. The number of nitrogens with two attached hydrogens (primary N) is 1. The van der Waals surface area contributed by atoms with Crippen LogP contribution in [0.3, 0.4) is 0 Å². The molecule has 0 spiro atoms. The Balaban J connectivity index is 2.33. The summed E-state index contributed by atoms with van der Waals surface area (Å²) in [6, 6.07) is 5.53. The van der Waals surface area contributed by atoms with E-state index in [9.17, 15) is 9.18 Å². The van der Waals surface area contributed by atoms with Crippen LogP contribution in [-0.4, -0.2) is 28.3 Å². The number of aryl methyl sites for hydroxylation is 1. The van der Waals surface area contributed by atoms with Gasteiger partial charge in [0.05, 0.1) is 16.9 Å². The summed E-state index contributed by atoms with van der Waals surface area (Å²) >= 11 is 6.23. The Hall–Kier alpha value is -1.92. The number of nitrogens with zero attached hydrogens (tertiary/aromatic N) is 2. The molecule has 1 aromatic heterocycles. The molecule has 7 heteroatoms. The minimum atomic E-state index is -0.353. The first-order chi connectivity index (χ1) is 9.90. The van der Waals surface area contributed by atoms with Crippen molar-refractivity contribution in [2.24, 2.45) is 5.73 Å². The van der Waals surface area contributed by atoms with E-state index in [1.165, 1.54) is 28.9 Å². The predicted molar refractivity (Wildman–Crippen MR) is 79.3 cm³/mol. The van der Waals surface area contributed by atoms with Gasteiger partial charge in [-0.1, -0.05) is 11.6 Å². The van der Waals surface area contributed by atoms with Gasteiger partial charge in [0.2, 0.25) is 0 Å². The summed E-state index contributed by atoms with van der Waals surface area (Å²) in [4.78, 5) is 12.1. The first-order valence-electron chi connectivity index (χ1n) is 6.45. The number of carbonyl (C=O) groups is 1. The summed E-state index contributed by atoms with van der Waals surface area (Å²) in [5.74, 6) is -0.684. The van der Waals surface area contributed by atoms with Gasteiger partial charge in [0.25, 0.3) is 5.91 Å². The summed E-state index contributed by atoms with van der Waals surface area (Å²) in [6.45, 7) is 3.82. The van der Waals surface area contributed by atoms with E-state index in [1.807, 2.05) is 0 Å². The topological polar surface area (TPSA) is 72.9 Å². The Morgan fingerprint density at radius 1 is 1.48 bits per heavy atom. The minimum Gasteiger partial charge on any atom is -0.350 e. The number of carbonyl (C=O) groups excluding carboxylic acids is 1. The van der Waals surface area contributed by atoms with E-state index in [2.05, 4.69) is 10.4 Å². The summed E-state index contributed by atoms with van der Waals surface area (Å²) < 4.78 is 14.4. The van der Waals surface area contributed by atoms with E-state index < -0.39 is 0 Å². The van der Waals surface area contributed by atoms with E-state index in [4.69, 9.17) is 17.3 Å². The van der Waals surface area contributed by atoms with Gasteiger partial charge in [-0.25, -0.2) is 9.07 Å². The number of benzene rings is 1. The molecule has 0 saturated carbocycles. The fourth-order valence-electron chi connectivity index (χ4n) is 1.85. The number of halogens is 2. The molecule has 5 nitrogen and oxygen atoms in total. The molecule has 1 amide bonds. The lowest BCUT2D eigenvalue weighted by Gasteiger charge is -2.07. The molecular formula is C14H16ClFN4O. The van der Waals surface area contributed by atoms with E-state index in [-0.39, 0.29) is 22.9 Å². The fraction of sp³-hybridized carbons (Fsp3) is 0.286. The van der Waals surface area contributed by atoms with Gasteiger partial charge in [-0.3, -0.25) is 4.79 Å². The number of rotatable bonds is 4. The number of amides is 1. The molecular weight excluding hydrogens is 295 g/mol. The highest BCUT2D eigenvalue weighted by molar-refractivity contribution is 6.33. The molecule has 1 aromatic carbocycles. The molecule has 0 unspecified atom stereocenters. The molecule has 2 rings (SSSR count). The molecule has 0 aliphatic carbocycles. The number of hydrogen-bond donors (Lipinski definition) is 2. The molecule has 0 radical (unpaired) electrons. The lowest BCUT2D eigenvalue weighted by molar-refractivity contribution is 0.0951. The molecule has 3 N–H and O–H groups in total. The molecule has 0 saturated heterocycles. The molecule has 1 atom stereocenters. The molecule has 0 aliphatic rings. The van der Waals surface area contributed by atoms with Gasteiger partial charge in [-0.2, -0.15) is 5.10 Å². The van der Waals surface area contributed by atoms with Gasteiger partial charge >= 0.3 is 0 Å². The number of aromatic nitrogens is 2. The smallest absolute Gasteiger partial charge is 0.256 e. The molecule has 0 fully saturated rings. The molecule has 112 valence electrons. The second-order valence-corrected chi connectivity index (χ2v) is 5.18. The third-order valence-corrected chi connectivity index (χ3v) is 3.24. The van der Waals surface area contributed by atoms with Crippen LogP contribution in [0, 0.1) is 12.7 Å². The first-order valence-corrected chi connectivity index (χ1v) is 6.82. The average Bonchev–Trinajstić information content (AvgIpc) is 2.72. The summed E-state index contributed by atoms with van der Waals surface area (Å²) in [5.41, 5.74) is 6.97. The number of hydrogen-bond acceptors (Lipinski definition) is 3. The minimum absolute atomic E-state index is 0.153. The predicted octanol–water partition coefficient (Wildman–Crippen LogP) is 2.05. The lowest BCUT2D eigenvalue weighted by atomic mass is 10.2. The van der Waals surface area contributed by atoms with Crippen molar-refractivity contribution in [3.8, 4) is 5.69 Å². The van der Waals surface area contributed by atoms with E-state index in [1.54, 1.807) is 13.8 Å². The van der Waals surface area contributed by atoms with Crippen molar-refractivity contribution in [3.05, 3.63) is 46.5 Å². The quantitative estimate of drug-likeness (QED) is 0.907. The third-order valence-electron chi connectivity index (χ3n) is 2.89. The molecule has 0 aliphatic heterocycles. The molecule has 21 heavy (non-hydrogen) atoms. The van der Waals surface area contributed by atoms with Crippen molar-refractivity contribution in [1.82, 2.24) is 15.1 Å². The standard InChI is InChI=1S/C14H16ClFN4O/c1-8(17)7-18-14(21)12-9(2)19-20(13(12)15)11-5-3-10(16)4-6-11/h3-6,8H,7,17H2,1-2H3,(H,18,21)/t8-/m0/s1. The van der Waals surface area contributed by atoms with Gasteiger partial charge in [0, 0.05) is 12.6 Å². The van der Waals surface area contributed by atoms with E-state index in [0.29, 0.717) is 23.5 Å². The van der Waals surface area contributed by atoms with Crippen LogP contribution in [0.4, 0.5) is 4.39 Å². The van der Waals surface area contributed by atoms with Crippen LogP contribution in [0.25, 0.3) is 5.69 Å². The Morgan fingerprint density at radius 3 is 2.67 bits per heavy atom. The molecule has 0 bridgehead atoms. The van der Waals surface area contributed by atoms with Crippen molar-refractivity contribution >= 4 is 17.5 Å².